The van der Waals surface area contributed by atoms with Crippen LogP contribution in [0.25, 0.3) is 0 Å². The number of hydrogen-bond donors (Lipinski definition) is 1. The van der Waals surface area contributed by atoms with Gasteiger partial charge in [-0.05, 0) is 39.4 Å². The van der Waals surface area contributed by atoms with Gasteiger partial charge in [0.1, 0.15) is 0 Å². The maximum Gasteiger partial charge on any atom is 0.0110 e. The van der Waals surface area contributed by atoms with Gasteiger partial charge in [-0.3, -0.25) is 9.80 Å². The van der Waals surface area contributed by atoms with Crippen molar-refractivity contribution in [3.63, 3.8) is 0 Å². The van der Waals surface area contributed by atoms with E-state index >= 15 is 0 Å². The molecule has 4 nitrogen and oxygen atoms in total. The van der Waals surface area contributed by atoms with E-state index < -0.39 is 0 Å². The average Bonchev–Trinajstić information content (AvgIpc) is 2.96. The molecule has 1 saturated heterocycles. The lowest BCUT2D eigenvalue weighted by Gasteiger charge is -2.35. The summed E-state index contributed by atoms with van der Waals surface area (Å²) in [5.74, 6) is 0.970. The van der Waals surface area contributed by atoms with Gasteiger partial charge in [0, 0.05) is 52.4 Å². The van der Waals surface area contributed by atoms with Crippen molar-refractivity contribution >= 4 is 0 Å². The Morgan fingerprint density at radius 2 is 1.55 bits per heavy atom. The molecule has 0 aromatic heterocycles. The molecule has 2 fully saturated rings. The Kier molecular flexibility index (Phi) is 7.28. The van der Waals surface area contributed by atoms with Crippen molar-refractivity contribution in [3.05, 3.63) is 0 Å². The predicted octanol–water partition coefficient (Wildman–Crippen LogP) is 0.945. The van der Waals surface area contributed by atoms with Gasteiger partial charge < -0.3 is 10.2 Å². The van der Waals surface area contributed by atoms with Gasteiger partial charge in [-0.25, -0.2) is 0 Å². The highest BCUT2D eigenvalue weighted by Gasteiger charge is 2.17. The highest BCUT2D eigenvalue weighted by Crippen LogP contribution is 2.23. The molecule has 20 heavy (non-hydrogen) atoms. The van der Waals surface area contributed by atoms with E-state index in [4.69, 9.17) is 0 Å². The minimum absolute atomic E-state index is 0.970. The van der Waals surface area contributed by atoms with E-state index in [1.165, 1.54) is 84.6 Å². The van der Waals surface area contributed by atoms with Crippen molar-refractivity contribution in [1.29, 1.82) is 0 Å². The minimum atomic E-state index is 0.970. The lowest BCUT2D eigenvalue weighted by molar-refractivity contribution is 0.126. The van der Waals surface area contributed by atoms with Gasteiger partial charge in [-0.2, -0.15) is 0 Å². The van der Waals surface area contributed by atoms with Crippen LogP contribution in [0.5, 0.6) is 0 Å². The van der Waals surface area contributed by atoms with Crippen molar-refractivity contribution in [2.45, 2.75) is 25.7 Å². The molecular formula is C16H34N4. The quantitative estimate of drug-likeness (QED) is 0.669. The van der Waals surface area contributed by atoms with Gasteiger partial charge in [0.05, 0.1) is 0 Å². The molecule has 0 atom stereocenters. The van der Waals surface area contributed by atoms with Gasteiger partial charge in [0.15, 0.2) is 0 Å². The summed E-state index contributed by atoms with van der Waals surface area (Å²) in [5, 5.41) is 3.66. The number of nitrogens with zero attached hydrogens (tertiary/aromatic N) is 3. The van der Waals surface area contributed by atoms with Gasteiger partial charge in [-0.15, -0.1) is 0 Å². The van der Waals surface area contributed by atoms with Gasteiger partial charge in [-0.1, -0.05) is 12.8 Å². The molecule has 1 heterocycles. The summed E-state index contributed by atoms with van der Waals surface area (Å²) in [7, 11) is 4.32. The van der Waals surface area contributed by atoms with Crippen molar-refractivity contribution in [1.82, 2.24) is 20.0 Å². The van der Waals surface area contributed by atoms with E-state index in [-0.39, 0.29) is 0 Å². The maximum atomic E-state index is 3.66. The highest BCUT2D eigenvalue weighted by atomic mass is 15.3. The van der Waals surface area contributed by atoms with Crippen molar-refractivity contribution in [2.75, 3.05) is 73.0 Å². The molecule has 0 bridgehead atoms. The predicted molar refractivity (Wildman–Crippen MR) is 86.3 cm³/mol. The molecule has 4 heteroatoms. The van der Waals surface area contributed by atoms with Crippen LogP contribution in [0, 0.1) is 5.92 Å². The number of nitrogens with one attached hydrogen (secondary N) is 1. The summed E-state index contributed by atoms with van der Waals surface area (Å²) in [6.07, 6.45) is 5.83. The van der Waals surface area contributed by atoms with Crippen LogP contribution in [0.2, 0.25) is 0 Å². The second kappa shape index (κ2) is 8.98. The molecule has 2 aliphatic rings. The zero-order valence-corrected chi connectivity index (χ0v) is 13.6. The summed E-state index contributed by atoms with van der Waals surface area (Å²) < 4.78 is 0. The normalized spacial score (nSPS) is 22.9. The van der Waals surface area contributed by atoms with Crippen molar-refractivity contribution < 1.29 is 0 Å². The van der Waals surface area contributed by atoms with Crippen LogP contribution in [-0.4, -0.2) is 87.7 Å². The van der Waals surface area contributed by atoms with Crippen LogP contribution >= 0.6 is 0 Å². The number of piperazine rings is 1. The molecule has 0 spiro atoms. The summed E-state index contributed by atoms with van der Waals surface area (Å²) in [5.41, 5.74) is 0. The molecule has 1 N–H and O–H groups in total. The smallest absolute Gasteiger partial charge is 0.0110 e. The second-order valence-electron chi connectivity index (χ2n) is 6.84. The Morgan fingerprint density at radius 3 is 2.15 bits per heavy atom. The fourth-order valence-electron chi connectivity index (χ4n) is 3.34. The average molecular weight is 282 g/mol. The third-order valence-electron chi connectivity index (χ3n) is 4.84. The zero-order chi connectivity index (χ0) is 14.2. The third kappa shape index (κ3) is 6.08. The maximum absolute atomic E-state index is 3.66. The molecule has 118 valence electrons. The van der Waals surface area contributed by atoms with Crippen LogP contribution in [0.1, 0.15) is 25.7 Å². The second-order valence-corrected chi connectivity index (χ2v) is 6.84. The highest BCUT2D eigenvalue weighted by molar-refractivity contribution is 4.74. The van der Waals surface area contributed by atoms with E-state index in [9.17, 15) is 0 Å². The Morgan fingerprint density at radius 1 is 0.950 bits per heavy atom. The van der Waals surface area contributed by atoms with Crippen LogP contribution < -0.4 is 5.32 Å². The molecular weight excluding hydrogens is 248 g/mol. The van der Waals surface area contributed by atoms with E-state index in [1.807, 2.05) is 0 Å². The first kappa shape index (κ1) is 16.2. The summed E-state index contributed by atoms with van der Waals surface area (Å²) in [6, 6.07) is 0. The molecule has 1 aliphatic carbocycles. The fourth-order valence-corrected chi connectivity index (χ4v) is 3.34. The van der Waals surface area contributed by atoms with E-state index in [2.05, 4.69) is 34.1 Å². The lowest BCUT2D eigenvalue weighted by Crippen LogP contribution is -2.49. The molecule has 0 aromatic carbocycles. The first-order valence-electron chi connectivity index (χ1n) is 8.54. The van der Waals surface area contributed by atoms with Crippen LogP contribution in [0.15, 0.2) is 0 Å². The molecule has 1 saturated carbocycles. The SMILES string of the molecule is CN(C)CCN1CCN(CCNCC2CCCC2)CC1. The van der Waals surface area contributed by atoms with Gasteiger partial charge in [0.25, 0.3) is 0 Å². The first-order valence-corrected chi connectivity index (χ1v) is 8.54. The molecule has 0 unspecified atom stereocenters. The molecule has 2 rings (SSSR count). The van der Waals surface area contributed by atoms with Crippen molar-refractivity contribution in [3.8, 4) is 0 Å². The summed E-state index contributed by atoms with van der Waals surface area (Å²) in [4.78, 5) is 7.50. The zero-order valence-electron chi connectivity index (χ0n) is 13.6. The third-order valence-corrected chi connectivity index (χ3v) is 4.84. The number of hydrogen-bond acceptors (Lipinski definition) is 4. The fraction of sp³-hybridized carbons (Fsp3) is 1.00. The monoisotopic (exact) mass is 282 g/mol. The molecule has 1 aliphatic heterocycles. The summed E-state index contributed by atoms with van der Waals surface area (Å²) >= 11 is 0. The van der Waals surface area contributed by atoms with Crippen LogP contribution in [0.3, 0.4) is 0 Å². The molecule has 0 radical (unpaired) electrons. The number of rotatable bonds is 8. The van der Waals surface area contributed by atoms with E-state index in [1.54, 1.807) is 0 Å². The van der Waals surface area contributed by atoms with Gasteiger partial charge in [0.2, 0.25) is 0 Å². The standard InChI is InChI=1S/C16H34N4/c1-18(2)9-10-20-13-11-19(12-14-20)8-7-17-15-16-5-3-4-6-16/h16-17H,3-15H2,1-2H3. The van der Waals surface area contributed by atoms with Gasteiger partial charge >= 0.3 is 0 Å². The topological polar surface area (TPSA) is 21.8 Å². The first-order chi connectivity index (χ1) is 9.74. The summed E-state index contributed by atoms with van der Waals surface area (Å²) in [6.45, 7) is 11.1. The minimum Gasteiger partial charge on any atom is -0.315 e. The molecule has 0 amide bonds. The van der Waals surface area contributed by atoms with Crippen molar-refractivity contribution in [2.24, 2.45) is 5.92 Å². The van der Waals surface area contributed by atoms with E-state index in [0.29, 0.717) is 0 Å². The Labute approximate surface area is 125 Å². The van der Waals surface area contributed by atoms with Crippen LogP contribution in [0.4, 0.5) is 0 Å². The molecule has 0 aromatic rings. The Balaban J connectivity index is 1.47. The Bertz CT molecular complexity index is 243. The van der Waals surface area contributed by atoms with Crippen LogP contribution in [-0.2, 0) is 0 Å². The number of likely N-dealkylation sites (N-methyl/N-ethyl adjacent to an activating group) is 1. The largest absolute Gasteiger partial charge is 0.315 e. The lowest BCUT2D eigenvalue weighted by atomic mass is 10.1. The Hall–Kier alpha value is -0.160. The van der Waals surface area contributed by atoms with E-state index in [0.717, 1.165) is 5.92 Å².